The normalized spacial score (nSPS) is 23.6. The maximum atomic E-state index is 11.8. The number of carbonyl (C=O) groups excluding carboxylic acids is 1. The third-order valence-corrected chi connectivity index (χ3v) is 2.85. The fourth-order valence-corrected chi connectivity index (χ4v) is 1.74. The van der Waals surface area contributed by atoms with Gasteiger partial charge in [0.15, 0.2) is 0 Å². The first-order valence-corrected chi connectivity index (χ1v) is 5.11. The van der Waals surface area contributed by atoms with Gasteiger partial charge < -0.3 is 10.0 Å². The van der Waals surface area contributed by atoms with Crippen molar-refractivity contribution in [2.45, 2.75) is 39.2 Å². The predicted molar refractivity (Wildman–Crippen MR) is 51.8 cm³/mol. The van der Waals surface area contributed by atoms with Crippen LogP contribution in [-0.4, -0.2) is 34.5 Å². The van der Waals surface area contributed by atoms with E-state index in [4.69, 9.17) is 5.11 Å². The van der Waals surface area contributed by atoms with E-state index in [-0.39, 0.29) is 11.8 Å². The van der Waals surface area contributed by atoms with E-state index in [1.807, 2.05) is 13.8 Å². The summed E-state index contributed by atoms with van der Waals surface area (Å²) in [5, 5.41) is 8.89. The van der Waals surface area contributed by atoms with Crippen molar-refractivity contribution in [3.8, 4) is 0 Å². The number of nitrogens with zero attached hydrogens (tertiary/aromatic N) is 1. The van der Waals surface area contributed by atoms with Crippen molar-refractivity contribution in [1.29, 1.82) is 0 Å². The summed E-state index contributed by atoms with van der Waals surface area (Å²) in [5.41, 5.74) is 0. The van der Waals surface area contributed by atoms with E-state index in [1.165, 1.54) is 4.90 Å². The second-order valence-corrected chi connectivity index (χ2v) is 3.84. The molecule has 0 saturated carbocycles. The lowest BCUT2D eigenvalue weighted by atomic mass is 10.1. The molecular weight excluding hydrogens is 182 g/mol. The molecule has 80 valence electrons. The third-order valence-electron chi connectivity index (χ3n) is 2.85. The summed E-state index contributed by atoms with van der Waals surface area (Å²) < 4.78 is 0. The lowest BCUT2D eigenvalue weighted by Crippen LogP contribution is -2.42. The van der Waals surface area contributed by atoms with Gasteiger partial charge in [0.05, 0.1) is 0 Å². The molecule has 0 radical (unpaired) electrons. The molecular formula is C10H17NO3. The van der Waals surface area contributed by atoms with Crippen LogP contribution in [0.2, 0.25) is 0 Å². The van der Waals surface area contributed by atoms with Crippen molar-refractivity contribution in [3.05, 3.63) is 0 Å². The summed E-state index contributed by atoms with van der Waals surface area (Å²) in [6.07, 6.45) is 2.17. The average Bonchev–Trinajstić information content (AvgIpc) is 2.63. The summed E-state index contributed by atoms with van der Waals surface area (Å²) >= 11 is 0. The molecule has 0 aromatic carbocycles. The number of carbonyl (C=O) groups is 2. The van der Waals surface area contributed by atoms with Gasteiger partial charge in [-0.3, -0.25) is 4.79 Å². The number of amides is 1. The van der Waals surface area contributed by atoms with E-state index < -0.39 is 12.0 Å². The molecule has 2 atom stereocenters. The van der Waals surface area contributed by atoms with Gasteiger partial charge in [-0.15, -0.1) is 0 Å². The van der Waals surface area contributed by atoms with Crippen molar-refractivity contribution in [3.63, 3.8) is 0 Å². The highest BCUT2D eigenvalue weighted by Gasteiger charge is 2.35. The molecule has 1 heterocycles. The lowest BCUT2D eigenvalue weighted by molar-refractivity contribution is -0.149. The van der Waals surface area contributed by atoms with Crippen LogP contribution in [0.5, 0.6) is 0 Å². The highest BCUT2D eigenvalue weighted by atomic mass is 16.4. The molecule has 4 heteroatoms. The van der Waals surface area contributed by atoms with Crippen LogP contribution in [0.3, 0.4) is 0 Å². The van der Waals surface area contributed by atoms with Crippen molar-refractivity contribution in [2.24, 2.45) is 5.92 Å². The molecule has 1 aliphatic rings. The first-order chi connectivity index (χ1) is 6.57. The minimum atomic E-state index is -0.876. The summed E-state index contributed by atoms with van der Waals surface area (Å²) in [5.74, 6) is -0.952. The average molecular weight is 199 g/mol. The molecule has 0 unspecified atom stereocenters. The number of rotatable bonds is 3. The van der Waals surface area contributed by atoms with E-state index in [9.17, 15) is 9.59 Å². The molecule has 1 rings (SSSR count). The molecule has 1 amide bonds. The zero-order chi connectivity index (χ0) is 10.7. The minimum Gasteiger partial charge on any atom is -0.480 e. The zero-order valence-electron chi connectivity index (χ0n) is 8.69. The highest BCUT2D eigenvalue weighted by molar-refractivity contribution is 5.85. The van der Waals surface area contributed by atoms with Gasteiger partial charge in [0.1, 0.15) is 6.04 Å². The van der Waals surface area contributed by atoms with Gasteiger partial charge in [0, 0.05) is 12.5 Å². The Hall–Kier alpha value is -1.06. The van der Waals surface area contributed by atoms with Gasteiger partial charge in [-0.05, 0) is 19.3 Å². The van der Waals surface area contributed by atoms with Crippen LogP contribution < -0.4 is 0 Å². The van der Waals surface area contributed by atoms with Crippen molar-refractivity contribution < 1.29 is 14.7 Å². The van der Waals surface area contributed by atoms with Crippen molar-refractivity contribution in [1.82, 2.24) is 4.90 Å². The van der Waals surface area contributed by atoms with Gasteiger partial charge in [-0.2, -0.15) is 0 Å². The van der Waals surface area contributed by atoms with E-state index in [1.54, 1.807) is 0 Å². The Morgan fingerprint density at radius 1 is 1.57 bits per heavy atom. The number of hydrogen-bond acceptors (Lipinski definition) is 2. The van der Waals surface area contributed by atoms with Crippen LogP contribution in [0.1, 0.15) is 33.1 Å². The van der Waals surface area contributed by atoms with Gasteiger partial charge in [0.2, 0.25) is 5.91 Å². The predicted octanol–water partition coefficient (Wildman–Crippen LogP) is 1.11. The topological polar surface area (TPSA) is 57.6 Å². The second kappa shape index (κ2) is 4.44. The van der Waals surface area contributed by atoms with Gasteiger partial charge in [-0.25, -0.2) is 4.79 Å². The second-order valence-electron chi connectivity index (χ2n) is 3.84. The Morgan fingerprint density at radius 3 is 2.71 bits per heavy atom. The standard InChI is InChI=1S/C10H17NO3/c1-3-7(2)9(12)11-6-4-5-8(11)10(13)14/h7-8H,3-6H2,1-2H3,(H,13,14)/t7-,8+/m1/s1. The Labute approximate surface area is 83.9 Å². The zero-order valence-corrected chi connectivity index (χ0v) is 8.69. The van der Waals surface area contributed by atoms with Gasteiger partial charge in [-0.1, -0.05) is 13.8 Å². The van der Waals surface area contributed by atoms with Gasteiger partial charge >= 0.3 is 5.97 Å². The first kappa shape index (κ1) is 11.0. The summed E-state index contributed by atoms with van der Waals surface area (Å²) in [7, 11) is 0. The smallest absolute Gasteiger partial charge is 0.326 e. The molecule has 1 fully saturated rings. The third kappa shape index (κ3) is 2.05. The number of carboxylic acids is 1. The van der Waals surface area contributed by atoms with Crippen molar-refractivity contribution in [2.75, 3.05) is 6.54 Å². The summed E-state index contributed by atoms with van der Waals surface area (Å²) in [6, 6.07) is -0.587. The molecule has 1 saturated heterocycles. The number of carboxylic acid groups (broad SMARTS) is 1. The molecule has 0 aliphatic carbocycles. The van der Waals surface area contributed by atoms with Crippen LogP contribution in [0.25, 0.3) is 0 Å². The van der Waals surface area contributed by atoms with Crippen molar-refractivity contribution >= 4 is 11.9 Å². The fraction of sp³-hybridized carbons (Fsp3) is 0.800. The number of likely N-dealkylation sites (tertiary alicyclic amines) is 1. The molecule has 1 aliphatic heterocycles. The maximum Gasteiger partial charge on any atom is 0.326 e. The maximum absolute atomic E-state index is 11.8. The van der Waals surface area contributed by atoms with Crippen LogP contribution >= 0.6 is 0 Å². The number of hydrogen-bond donors (Lipinski definition) is 1. The highest BCUT2D eigenvalue weighted by Crippen LogP contribution is 2.20. The van der Waals surface area contributed by atoms with E-state index in [0.717, 1.165) is 12.8 Å². The Bertz CT molecular complexity index is 240. The summed E-state index contributed by atoms with van der Waals surface area (Å²) in [4.78, 5) is 24.1. The molecule has 0 spiro atoms. The lowest BCUT2D eigenvalue weighted by Gasteiger charge is -2.24. The minimum absolute atomic E-state index is 0.0163. The van der Waals surface area contributed by atoms with Gasteiger partial charge in [0.25, 0.3) is 0 Å². The van der Waals surface area contributed by atoms with Crippen LogP contribution in [0, 0.1) is 5.92 Å². The Kier molecular flexibility index (Phi) is 3.49. The van der Waals surface area contributed by atoms with E-state index in [0.29, 0.717) is 13.0 Å². The van der Waals surface area contributed by atoms with Crippen LogP contribution in [0.4, 0.5) is 0 Å². The number of aliphatic carboxylic acids is 1. The van der Waals surface area contributed by atoms with Crippen LogP contribution in [0.15, 0.2) is 0 Å². The largest absolute Gasteiger partial charge is 0.480 e. The fourth-order valence-electron chi connectivity index (χ4n) is 1.74. The molecule has 0 aromatic heterocycles. The first-order valence-electron chi connectivity index (χ1n) is 5.11. The SMILES string of the molecule is CC[C@@H](C)C(=O)N1CCC[C@H]1C(=O)O. The monoisotopic (exact) mass is 199 g/mol. The Balaban J connectivity index is 2.67. The van der Waals surface area contributed by atoms with E-state index >= 15 is 0 Å². The molecule has 1 N–H and O–H groups in total. The molecule has 0 aromatic rings. The van der Waals surface area contributed by atoms with Crippen LogP contribution in [-0.2, 0) is 9.59 Å². The quantitative estimate of drug-likeness (QED) is 0.740. The molecule has 14 heavy (non-hydrogen) atoms. The molecule has 0 bridgehead atoms. The molecule has 4 nitrogen and oxygen atoms in total. The van der Waals surface area contributed by atoms with E-state index in [2.05, 4.69) is 0 Å². The summed E-state index contributed by atoms with van der Waals surface area (Å²) in [6.45, 7) is 4.38. The Morgan fingerprint density at radius 2 is 2.21 bits per heavy atom.